The van der Waals surface area contributed by atoms with Crippen molar-refractivity contribution >= 4 is 78.0 Å². The van der Waals surface area contributed by atoms with Crippen LogP contribution >= 0.6 is 11.3 Å². The van der Waals surface area contributed by atoms with Crippen molar-refractivity contribution in [2.45, 2.75) is 183 Å². The molecule has 2 aliphatic heterocycles. The third-order valence-corrected chi connectivity index (χ3v) is 16.6. The van der Waals surface area contributed by atoms with Gasteiger partial charge in [-0.05, 0) is 148 Å². The zero-order chi connectivity index (χ0) is 51.2. The molecule has 3 heterocycles. The standard InChI is InChI=1S/C66H81BN2S/c1-60(2,3)41-22-27-48(28-23-41)68-53-30-25-44(63(10,11)12)37-51(53)67-57-54(68)38-47(66(19,20)21)39-55(57)69(58-50-36-43(62(7,8)9)26-31-56(50)70-59(58)67)52-29-24-42(61(4,5)6)35-49(52)40-32-45(64(13,14)15)34-46(33-40)65(16,17)18/h22-39H,1-21H3. The average Bonchev–Trinajstić information content (AvgIpc) is 3.62. The highest BCUT2D eigenvalue weighted by Gasteiger charge is 2.47. The van der Waals surface area contributed by atoms with Crippen molar-refractivity contribution in [2.24, 2.45) is 0 Å². The predicted molar refractivity (Wildman–Crippen MR) is 312 cm³/mol. The van der Waals surface area contributed by atoms with Gasteiger partial charge in [0.1, 0.15) is 0 Å². The van der Waals surface area contributed by atoms with E-state index in [0.717, 1.165) is 0 Å². The van der Waals surface area contributed by atoms with Crippen molar-refractivity contribution < 1.29 is 0 Å². The summed E-state index contributed by atoms with van der Waals surface area (Å²) in [5.41, 5.74) is 22.0. The molecule has 7 aromatic rings. The highest BCUT2D eigenvalue weighted by molar-refractivity contribution is 7.33. The Balaban J connectivity index is 1.48. The fourth-order valence-electron chi connectivity index (χ4n) is 10.6. The van der Waals surface area contributed by atoms with Gasteiger partial charge in [0.05, 0.1) is 11.4 Å². The summed E-state index contributed by atoms with van der Waals surface area (Å²) in [4.78, 5) is 5.35. The molecule has 0 radical (unpaired) electrons. The highest BCUT2D eigenvalue weighted by atomic mass is 32.1. The van der Waals surface area contributed by atoms with E-state index in [1.165, 1.54) is 110 Å². The first-order chi connectivity index (χ1) is 32.1. The average molecular weight is 945 g/mol. The van der Waals surface area contributed by atoms with Crippen molar-refractivity contribution in [3.63, 3.8) is 0 Å². The van der Waals surface area contributed by atoms with E-state index in [2.05, 4.69) is 264 Å². The summed E-state index contributed by atoms with van der Waals surface area (Å²) in [6, 6.07) is 44.3. The third kappa shape index (κ3) is 8.77. The molecule has 0 saturated heterocycles. The SMILES string of the molecule is CC(C)(C)c1ccc(N2c3ccc(C(C)(C)C)cc3B3c4sc5ccc(C(C)(C)C)cc5c4N(c4ccc(C(C)(C)C)cc4-c4cc(C(C)(C)C)cc(C(C)(C)C)c4)c4cc(C(C)(C)C)cc2c43)cc1. The van der Waals surface area contributed by atoms with Gasteiger partial charge in [0.15, 0.2) is 0 Å². The first kappa shape index (κ1) is 49.9. The first-order valence-electron chi connectivity index (χ1n) is 26.0. The topological polar surface area (TPSA) is 6.48 Å². The Hall–Kier alpha value is -5.06. The molecular weight excluding hydrogens is 864 g/mol. The van der Waals surface area contributed by atoms with Crippen molar-refractivity contribution in [2.75, 3.05) is 9.80 Å². The number of benzene rings is 6. The number of thiophene rings is 1. The van der Waals surface area contributed by atoms with Crippen LogP contribution in [0.3, 0.4) is 0 Å². The minimum atomic E-state index is -0.136. The molecule has 4 heteroatoms. The fraction of sp³-hybridized carbons (Fsp3) is 0.424. The van der Waals surface area contributed by atoms with E-state index in [-0.39, 0.29) is 44.6 Å². The van der Waals surface area contributed by atoms with Crippen LogP contribution in [0.15, 0.2) is 109 Å². The van der Waals surface area contributed by atoms with Crippen LogP contribution in [0.4, 0.5) is 34.1 Å². The molecule has 0 spiro atoms. The first-order valence-corrected chi connectivity index (χ1v) is 26.9. The van der Waals surface area contributed by atoms with E-state index in [9.17, 15) is 0 Å². The van der Waals surface area contributed by atoms with Gasteiger partial charge in [-0.2, -0.15) is 0 Å². The molecule has 9 rings (SSSR count). The molecule has 2 aliphatic rings. The summed E-state index contributed by atoms with van der Waals surface area (Å²) >= 11 is 2.01. The Morgan fingerprint density at radius 1 is 0.357 bits per heavy atom. The number of fused-ring (bicyclic) bond motifs is 6. The Kier molecular flexibility index (Phi) is 11.6. The molecule has 2 nitrogen and oxygen atoms in total. The number of hydrogen-bond donors (Lipinski definition) is 0. The number of rotatable bonds is 3. The molecule has 0 atom stereocenters. The van der Waals surface area contributed by atoms with Gasteiger partial charge in [-0.3, -0.25) is 0 Å². The van der Waals surface area contributed by atoms with Gasteiger partial charge in [-0.1, -0.05) is 200 Å². The molecule has 0 N–H and O–H groups in total. The minimum Gasteiger partial charge on any atom is -0.311 e. The van der Waals surface area contributed by atoms with Crippen molar-refractivity contribution in [3.05, 3.63) is 148 Å². The largest absolute Gasteiger partial charge is 0.311 e. The van der Waals surface area contributed by atoms with E-state index < -0.39 is 0 Å². The quantitative estimate of drug-likeness (QED) is 0.163. The molecule has 1 aromatic heterocycles. The van der Waals surface area contributed by atoms with Crippen LogP contribution in [0.2, 0.25) is 0 Å². The maximum atomic E-state index is 2.74. The van der Waals surface area contributed by atoms with Crippen molar-refractivity contribution in [1.29, 1.82) is 0 Å². The van der Waals surface area contributed by atoms with E-state index in [0.29, 0.717) is 0 Å². The van der Waals surface area contributed by atoms with Crippen LogP contribution in [0, 0.1) is 0 Å². The lowest BCUT2D eigenvalue weighted by atomic mass is 9.36. The van der Waals surface area contributed by atoms with Crippen LogP contribution in [-0.2, 0) is 37.9 Å². The Morgan fingerprint density at radius 3 is 1.30 bits per heavy atom. The zero-order valence-corrected chi connectivity index (χ0v) is 47.6. The summed E-state index contributed by atoms with van der Waals surface area (Å²) in [6.45, 7) is 49.5. The minimum absolute atomic E-state index is 0.0225. The summed E-state index contributed by atoms with van der Waals surface area (Å²) in [7, 11) is 0. The second-order valence-electron chi connectivity index (χ2n) is 28.2. The maximum absolute atomic E-state index is 2.74. The summed E-state index contributed by atoms with van der Waals surface area (Å²) in [6.07, 6.45) is 0. The van der Waals surface area contributed by atoms with Gasteiger partial charge < -0.3 is 9.80 Å². The van der Waals surface area contributed by atoms with Crippen LogP contribution in [0.1, 0.15) is 184 Å². The maximum Gasteiger partial charge on any atom is 0.264 e. The second-order valence-corrected chi connectivity index (χ2v) is 29.2. The van der Waals surface area contributed by atoms with Crippen LogP contribution in [0.25, 0.3) is 21.2 Å². The monoisotopic (exact) mass is 945 g/mol. The van der Waals surface area contributed by atoms with E-state index in [1.54, 1.807) is 0 Å². The molecule has 364 valence electrons. The van der Waals surface area contributed by atoms with Gasteiger partial charge in [0.2, 0.25) is 0 Å². The molecule has 0 saturated carbocycles. The Labute approximate surface area is 428 Å². The van der Waals surface area contributed by atoms with E-state index >= 15 is 0 Å². The Morgan fingerprint density at radius 2 is 0.786 bits per heavy atom. The van der Waals surface area contributed by atoms with E-state index in [1.807, 2.05) is 11.3 Å². The van der Waals surface area contributed by atoms with Crippen LogP contribution < -0.4 is 25.5 Å². The van der Waals surface area contributed by atoms with Gasteiger partial charge in [-0.15, -0.1) is 11.3 Å². The smallest absolute Gasteiger partial charge is 0.264 e. The van der Waals surface area contributed by atoms with Gasteiger partial charge in [0.25, 0.3) is 6.71 Å². The molecule has 70 heavy (non-hydrogen) atoms. The molecule has 6 aromatic carbocycles. The zero-order valence-electron chi connectivity index (χ0n) is 46.8. The van der Waals surface area contributed by atoms with Crippen molar-refractivity contribution in [1.82, 2.24) is 0 Å². The number of anilines is 6. The van der Waals surface area contributed by atoms with Crippen LogP contribution in [0.5, 0.6) is 0 Å². The second kappa shape index (κ2) is 16.2. The summed E-state index contributed by atoms with van der Waals surface area (Å²) < 4.78 is 2.75. The lowest BCUT2D eigenvalue weighted by Crippen LogP contribution is -2.60. The number of nitrogens with zero attached hydrogens (tertiary/aromatic N) is 2. The normalized spacial score (nSPS) is 14.6. The Bertz CT molecular complexity index is 3150. The lowest BCUT2D eigenvalue weighted by molar-refractivity contribution is 0.569. The molecule has 0 amide bonds. The fourth-order valence-corrected chi connectivity index (χ4v) is 11.9. The molecule has 0 fully saturated rings. The predicted octanol–water partition coefficient (Wildman–Crippen LogP) is 17.7. The summed E-state index contributed by atoms with van der Waals surface area (Å²) in [5, 5.41) is 1.33. The summed E-state index contributed by atoms with van der Waals surface area (Å²) in [5.74, 6) is 0. The molecule has 0 unspecified atom stereocenters. The molecule has 0 bridgehead atoms. The van der Waals surface area contributed by atoms with Crippen LogP contribution in [-0.4, -0.2) is 6.71 Å². The van der Waals surface area contributed by atoms with E-state index in [4.69, 9.17) is 0 Å². The molecule has 0 aliphatic carbocycles. The van der Waals surface area contributed by atoms with Gasteiger partial charge in [-0.25, -0.2) is 0 Å². The lowest BCUT2D eigenvalue weighted by Gasteiger charge is -2.45. The highest BCUT2D eigenvalue weighted by Crippen LogP contribution is 2.53. The van der Waals surface area contributed by atoms with Gasteiger partial charge in [0, 0.05) is 43.2 Å². The van der Waals surface area contributed by atoms with Crippen molar-refractivity contribution in [3.8, 4) is 11.1 Å². The van der Waals surface area contributed by atoms with Gasteiger partial charge >= 0.3 is 0 Å². The third-order valence-electron chi connectivity index (χ3n) is 15.3. The number of hydrogen-bond acceptors (Lipinski definition) is 3. The molecular formula is C66H81BN2S.